The summed E-state index contributed by atoms with van der Waals surface area (Å²) < 4.78 is 27.5. The average Bonchev–Trinajstić information content (AvgIpc) is 2.88. The number of hydrogen-bond acceptors (Lipinski definition) is 3. The van der Waals surface area contributed by atoms with Gasteiger partial charge in [-0.2, -0.15) is 4.31 Å². The van der Waals surface area contributed by atoms with Crippen molar-refractivity contribution in [2.45, 2.75) is 30.7 Å². The van der Waals surface area contributed by atoms with E-state index in [9.17, 15) is 8.42 Å². The fourth-order valence-electron chi connectivity index (χ4n) is 2.33. The SMILES string of the molecule is CCN(CC1CCCN1)S(=O)(=O)c1cccc(Br)c1. The predicted molar refractivity (Wildman–Crippen MR) is 79.6 cm³/mol. The van der Waals surface area contributed by atoms with Gasteiger partial charge in [0.05, 0.1) is 4.90 Å². The Bertz CT molecular complexity index is 527. The Morgan fingerprint density at radius 2 is 2.26 bits per heavy atom. The van der Waals surface area contributed by atoms with Crippen LogP contribution in [-0.4, -0.2) is 38.4 Å². The normalized spacial score (nSPS) is 20.1. The molecule has 0 radical (unpaired) electrons. The van der Waals surface area contributed by atoms with E-state index in [1.54, 1.807) is 22.5 Å². The number of halogens is 1. The van der Waals surface area contributed by atoms with Gasteiger partial charge in [-0.05, 0) is 37.6 Å². The molecule has 2 rings (SSSR count). The molecular formula is C13H19BrN2O2S. The second-order valence-electron chi connectivity index (χ2n) is 4.71. The number of hydrogen-bond donors (Lipinski definition) is 1. The van der Waals surface area contributed by atoms with Crippen molar-refractivity contribution in [2.75, 3.05) is 19.6 Å². The van der Waals surface area contributed by atoms with Gasteiger partial charge in [-0.1, -0.05) is 28.9 Å². The largest absolute Gasteiger partial charge is 0.313 e. The van der Waals surface area contributed by atoms with E-state index in [1.807, 2.05) is 13.0 Å². The van der Waals surface area contributed by atoms with Crippen molar-refractivity contribution >= 4 is 26.0 Å². The average molecular weight is 347 g/mol. The van der Waals surface area contributed by atoms with Gasteiger partial charge in [0, 0.05) is 23.6 Å². The first-order valence-electron chi connectivity index (χ1n) is 6.53. The monoisotopic (exact) mass is 346 g/mol. The molecule has 1 saturated heterocycles. The Morgan fingerprint density at radius 3 is 2.84 bits per heavy atom. The first-order chi connectivity index (χ1) is 9.04. The molecule has 1 fully saturated rings. The van der Waals surface area contributed by atoms with Crippen molar-refractivity contribution in [3.8, 4) is 0 Å². The standard InChI is InChI=1S/C13H19BrN2O2S/c1-2-16(10-12-6-4-8-15-12)19(17,18)13-7-3-5-11(14)9-13/h3,5,7,9,12,15H,2,4,6,8,10H2,1H3. The topological polar surface area (TPSA) is 49.4 Å². The summed E-state index contributed by atoms with van der Waals surface area (Å²) in [4.78, 5) is 0.349. The number of nitrogens with zero attached hydrogens (tertiary/aromatic N) is 1. The highest BCUT2D eigenvalue weighted by molar-refractivity contribution is 9.10. The molecule has 1 atom stereocenters. The number of nitrogens with one attached hydrogen (secondary N) is 1. The summed E-state index contributed by atoms with van der Waals surface area (Å²) in [5, 5.41) is 3.34. The summed E-state index contributed by atoms with van der Waals surface area (Å²) in [5.74, 6) is 0. The van der Waals surface area contributed by atoms with Crippen LogP contribution >= 0.6 is 15.9 Å². The molecule has 6 heteroatoms. The molecule has 0 amide bonds. The van der Waals surface area contributed by atoms with E-state index >= 15 is 0 Å². The van der Waals surface area contributed by atoms with E-state index in [-0.39, 0.29) is 6.04 Å². The Balaban J connectivity index is 2.20. The second-order valence-corrected chi connectivity index (χ2v) is 7.56. The van der Waals surface area contributed by atoms with E-state index in [1.165, 1.54) is 0 Å². The molecule has 0 spiro atoms. The summed E-state index contributed by atoms with van der Waals surface area (Å²) in [6.07, 6.45) is 2.17. The smallest absolute Gasteiger partial charge is 0.243 e. The maximum Gasteiger partial charge on any atom is 0.243 e. The van der Waals surface area contributed by atoms with Gasteiger partial charge in [0.15, 0.2) is 0 Å². The first kappa shape index (κ1) is 15.0. The lowest BCUT2D eigenvalue weighted by atomic mass is 10.2. The second kappa shape index (κ2) is 6.35. The Labute approximate surface area is 123 Å². The van der Waals surface area contributed by atoms with Crippen LogP contribution in [0.1, 0.15) is 19.8 Å². The predicted octanol–water partition coefficient (Wildman–Crippen LogP) is 2.21. The van der Waals surface area contributed by atoms with Gasteiger partial charge in [-0.25, -0.2) is 8.42 Å². The van der Waals surface area contributed by atoms with E-state index in [0.29, 0.717) is 18.0 Å². The van der Waals surface area contributed by atoms with Crippen LogP contribution in [0.2, 0.25) is 0 Å². The number of sulfonamides is 1. The minimum Gasteiger partial charge on any atom is -0.313 e. The Morgan fingerprint density at radius 1 is 1.47 bits per heavy atom. The number of benzene rings is 1. The molecule has 19 heavy (non-hydrogen) atoms. The highest BCUT2D eigenvalue weighted by Crippen LogP contribution is 2.21. The molecule has 0 aliphatic carbocycles. The van der Waals surface area contributed by atoms with Crippen LogP contribution in [0.25, 0.3) is 0 Å². The molecule has 0 aromatic heterocycles. The lowest BCUT2D eigenvalue weighted by molar-refractivity contribution is 0.383. The molecule has 106 valence electrons. The van der Waals surface area contributed by atoms with Gasteiger partial charge in [0.2, 0.25) is 10.0 Å². The van der Waals surface area contributed by atoms with Crippen LogP contribution in [0.3, 0.4) is 0 Å². The molecular weight excluding hydrogens is 328 g/mol. The van der Waals surface area contributed by atoms with Crippen LogP contribution in [0, 0.1) is 0 Å². The number of rotatable bonds is 5. The third-order valence-corrected chi connectivity index (χ3v) is 5.80. The summed E-state index contributed by atoms with van der Waals surface area (Å²) in [5.41, 5.74) is 0. The van der Waals surface area contributed by atoms with Crippen molar-refractivity contribution in [3.05, 3.63) is 28.7 Å². The quantitative estimate of drug-likeness (QED) is 0.889. The first-order valence-corrected chi connectivity index (χ1v) is 8.76. The lowest BCUT2D eigenvalue weighted by Crippen LogP contribution is -2.40. The van der Waals surface area contributed by atoms with Crippen LogP contribution in [-0.2, 0) is 10.0 Å². The van der Waals surface area contributed by atoms with Gasteiger partial charge in [0.1, 0.15) is 0 Å². The Kier molecular flexibility index (Phi) is 5.00. The van der Waals surface area contributed by atoms with Crippen LogP contribution in [0.4, 0.5) is 0 Å². The van der Waals surface area contributed by atoms with E-state index in [2.05, 4.69) is 21.2 Å². The molecule has 1 unspecified atom stereocenters. The zero-order valence-electron chi connectivity index (χ0n) is 11.0. The van der Waals surface area contributed by atoms with Crippen LogP contribution in [0.15, 0.2) is 33.6 Å². The van der Waals surface area contributed by atoms with Crippen molar-refractivity contribution in [3.63, 3.8) is 0 Å². The maximum absolute atomic E-state index is 12.6. The molecule has 0 saturated carbocycles. The zero-order chi connectivity index (χ0) is 13.9. The van der Waals surface area contributed by atoms with Gasteiger partial charge in [0.25, 0.3) is 0 Å². The molecule has 4 nitrogen and oxygen atoms in total. The van der Waals surface area contributed by atoms with Crippen LogP contribution in [0.5, 0.6) is 0 Å². The summed E-state index contributed by atoms with van der Waals surface area (Å²) in [7, 11) is -3.40. The van der Waals surface area contributed by atoms with Crippen molar-refractivity contribution in [1.82, 2.24) is 9.62 Å². The third kappa shape index (κ3) is 3.56. The molecule has 1 aromatic carbocycles. The van der Waals surface area contributed by atoms with Gasteiger partial charge < -0.3 is 5.32 Å². The minimum absolute atomic E-state index is 0.280. The van der Waals surface area contributed by atoms with Gasteiger partial charge >= 0.3 is 0 Å². The molecule has 1 heterocycles. The summed E-state index contributed by atoms with van der Waals surface area (Å²) in [6.45, 7) is 3.90. The minimum atomic E-state index is -3.40. The maximum atomic E-state index is 12.6. The summed E-state index contributed by atoms with van der Waals surface area (Å²) in [6, 6.07) is 7.15. The van der Waals surface area contributed by atoms with E-state index < -0.39 is 10.0 Å². The number of likely N-dealkylation sites (N-methyl/N-ethyl adjacent to an activating group) is 1. The highest BCUT2D eigenvalue weighted by Gasteiger charge is 2.27. The molecule has 1 aliphatic rings. The molecule has 1 aromatic rings. The molecule has 1 N–H and O–H groups in total. The van der Waals surface area contributed by atoms with Gasteiger partial charge in [-0.15, -0.1) is 0 Å². The zero-order valence-corrected chi connectivity index (χ0v) is 13.4. The van der Waals surface area contributed by atoms with Crippen LogP contribution < -0.4 is 5.32 Å². The molecule has 1 aliphatic heterocycles. The van der Waals surface area contributed by atoms with Gasteiger partial charge in [-0.3, -0.25) is 0 Å². The third-order valence-electron chi connectivity index (χ3n) is 3.37. The fourth-order valence-corrected chi connectivity index (χ4v) is 4.42. The van der Waals surface area contributed by atoms with E-state index in [0.717, 1.165) is 23.9 Å². The highest BCUT2D eigenvalue weighted by atomic mass is 79.9. The Hall–Kier alpha value is -0.430. The fraction of sp³-hybridized carbons (Fsp3) is 0.538. The summed E-state index contributed by atoms with van der Waals surface area (Å²) >= 11 is 3.32. The molecule has 0 bridgehead atoms. The van der Waals surface area contributed by atoms with Crippen molar-refractivity contribution < 1.29 is 8.42 Å². The van der Waals surface area contributed by atoms with Crippen molar-refractivity contribution in [1.29, 1.82) is 0 Å². The van der Waals surface area contributed by atoms with E-state index in [4.69, 9.17) is 0 Å². The van der Waals surface area contributed by atoms with Crippen molar-refractivity contribution in [2.24, 2.45) is 0 Å². The lowest BCUT2D eigenvalue weighted by Gasteiger charge is -2.24.